The molecule has 0 amide bonds. The molecule has 0 aliphatic heterocycles. The van der Waals surface area contributed by atoms with Crippen LogP contribution in [0.15, 0.2) is 16.9 Å². The zero-order valence-electron chi connectivity index (χ0n) is 5.47. The van der Waals surface area contributed by atoms with Gasteiger partial charge in [-0.2, -0.15) is 0 Å². The van der Waals surface area contributed by atoms with E-state index in [1.807, 2.05) is 4.98 Å². The van der Waals surface area contributed by atoms with Crippen LogP contribution < -0.4 is 11.3 Å². The lowest BCUT2D eigenvalue weighted by Crippen LogP contribution is -2.13. The molecule has 0 spiro atoms. The Hall–Kier alpha value is -1.39. The molecule has 11 heavy (non-hydrogen) atoms. The number of halogens is 2. The van der Waals surface area contributed by atoms with Gasteiger partial charge in [0, 0.05) is 0 Å². The van der Waals surface area contributed by atoms with Gasteiger partial charge in [0.05, 0.1) is 11.4 Å². The molecule has 0 saturated heterocycles. The lowest BCUT2D eigenvalue weighted by molar-refractivity contribution is 0.146. The normalized spacial score (nSPS) is 10.5. The molecule has 1 aromatic heterocycles. The van der Waals surface area contributed by atoms with Crippen molar-refractivity contribution < 1.29 is 8.78 Å². The summed E-state index contributed by atoms with van der Waals surface area (Å²) in [6.45, 7) is 0. The van der Waals surface area contributed by atoms with Crippen molar-refractivity contribution in [3.05, 3.63) is 28.2 Å². The van der Waals surface area contributed by atoms with Crippen molar-refractivity contribution >= 4 is 5.69 Å². The summed E-state index contributed by atoms with van der Waals surface area (Å²) < 4.78 is 23.7. The van der Waals surface area contributed by atoms with Crippen LogP contribution in [0.25, 0.3) is 0 Å². The monoisotopic (exact) mass is 160 g/mol. The summed E-state index contributed by atoms with van der Waals surface area (Å²) in [5, 5.41) is 0. The van der Waals surface area contributed by atoms with Crippen molar-refractivity contribution in [2.45, 2.75) is 6.43 Å². The van der Waals surface area contributed by atoms with Crippen LogP contribution in [0.2, 0.25) is 0 Å². The van der Waals surface area contributed by atoms with Gasteiger partial charge in [0.25, 0.3) is 12.0 Å². The Morgan fingerprint density at radius 1 is 1.45 bits per heavy atom. The van der Waals surface area contributed by atoms with Crippen LogP contribution in [0.1, 0.15) is 12.1 Å². The van der Waals surface area contributed by atoms with E-state index in [1.54, 1.807) is 0 Å². The molecule has 0 aromatic carbocycles. The van der Waals surface area contributed by atoms with Gasteiger partial charge < -0.3 is 10.7 Å². The van der Waals surface area contributed by atoms with E-state index >= 15 is 0 Å². The topological polar surface area (TPSA) is 58.9 Å². The molecule has 0 unspecified atom stereocenters. The van der Waals surface area contributed by atoms with Crippen LogP contribution in [0.5, 0.6) is 0 Å². The molecule has 3 nitrogen and oxygen atoms in total. The largest absolute Gasteiger partial charge is 0.394 e. The number of alkyl halides is 2. The van der Waals surface area contributed by atoms with Crippen LogP contribution in [0, 0.1) is 0 Å². The zero-order valence-corrected chi connectivity index (χ0v) is 5.47. The fraction of sp³-hybridized carbons (Fsp3) is 0.167. The van der Waals surface area contributed by atoms with Crippen molar-refractivity contribution in [1.82, 2.24) is 4.98 Å². The summed E-state index contributed by atoms with van der Waals surface area (Å²) in [5.41, 5.74) is 3.95. The second kappa shape index (κ2) is 2.69. The first-order valence-electron chi connectivity index (χ1n) is 2.88. The lowest BCUT2D eigenvalue weighted by atomic mass is 10.3. The molecule has 1 heterocycles. The highest BCUT2D eigenvalue weighted by atomic mass is 19.3. The molecule has 1 aromatic rings. The first kappa shape index (κ1) is 7.71. The fourth-order valence-electron chi connectivity index (χ4n) is 0.627. The van der Waals surface area contributed by atoms with E-state index in [-0.39, 0.29) is 5.69 Å². The van der Waals surface area contributed by atoms with Crippen molar-refractivity contribution in [3.8, 4) is 0 Å². The maximum absolute atomic E-state index is 11.9. The molecule has 3 N–H and O–H groups in total. The Kier molecular flexibility index (Phi) is 1.89. The average Bonchev–Trinajstić information content (AvgIpc) is 1.94. The predicted molar refractivity (Wildman–Crippen MR) is 36.4 cm³/mol. The summed E-state index contributed by atoms with van der Waals surface area (Å²) in [6.07, 6.45) is -2.66. The van der Waals surface area contributed by atoms with E-state index in [9.17, 15) is 13.6 Å². The minimum Gasteiger partial charge on any atom is -0.394 e. The van der Waals surface area contributed by atoms with Crippen molar-refractivity contribution in [2.75, 3.05) is 5.73 Å². The molecule has 0 fully saturated rings. The molecule has 0 aliphatic rings. The van der Waals surface area contributed by atoms with E-state index in [0.717, 1.165) is 12.1 Å². The SMILES string of the molecule is Nc1ccc(C(F)F)[nH]c1=O. The molecule has 5 heteroatoms. The smallest absolute Gasteiger partial charge is 0.278 e. The fourth-order valence-corrected chi connectivity index (χ4v) is 0.627. The van der Waals surface area contributed by atoms with E-state index < -0.39 is 17.7 Å². The highest BCUT2D eigenvalue weighted by Crippen LogP contribution is 2.14. The van der Waals surface area contributed by atoms with Crippen LogP contribution >= 0.6 is 0 Å². The minimum absolute atomic E-state index is 0.0607. The number of aromatic nitrogens is 1. The third-order valence-corrected chi connectivity index (χ3v) is 1.20. The molecule has 60 valence electrons. The Labute approximate surface area is 60.8 Å². The van der Waals surface area contributed by atoms with Gasteiger partial charge >= 0.3 is 0 Å². The summed E-state index contributed by atoms with van der Waals surface area (Å²) >= 11 is 0. The first-order chi connectivity index (χ1) is 5.11. The van der Waals surface area contributed by atoms with Gasteiger partial charge in [0.2, 0.25) is 0 Å². The molecule has 0 bridgehead atoms. The van der Waals surface area contributed by atoms with Crippen molar-refractivity contribution in [3.63, 3.8) is 0 Å². The lowest BCUT2D eigenvalue weighted by Gasteiger charge is -1.98. The summed E-state index contributed by atoms with van der Waals surface area (Å²) in [6, 6.07) is 2.24. The molecule has 0 aliphatic carbocycles. The Bertz CT molecular complexity index is 308. The second-order valence-corrected chi connectivity index (χ2v) is 2.00. The molecular formula is C6H6F2N2O. The van der Waals surface area contributed by atoms with E-state index in [2.05, 4.69) is 0 Å². The number of H-pyrrole nitrogens is 1. The van der Waals surface area contributed by atoms with E-state index in [0.29, 0.717) is 0 Å². The van der Waals surface area contributed by atoms with E-state index in [1.165, 1.54) is 0 Å². The standard InChI is InChI=1S/C6H6F2N2O/c7-5(8)4-2-1-3(9)6(11)10-4/h1-2,5H,9H2,(H,10,11). The second-order valence-electron chi connectivity index (χ2n) is 2.00. The number of aromatic amines is 1. The number of pyridine rings is 1. The van der Waals surface area contributed by atoms with Crippen LogP contribution in [-0.2, 0) is 0 Å². The van der Waals surface area contributed by atoms with Crippen molar-refractivity contribution in [1.29, 1.82) is 0 Å². The number of rotatable bonds is 1. The number of nitrogen functional groups attached to an aromatic ring is 1. The first-order valence-corrected chi connectivity index (χ1v) is 2.88. The van der Waals surface area contributed by atoms with E-state index in [4.69, 9.17) is 5.73 Å². The van der Waals surface area contributed by atoms with Gasteiger partial charge in [-0.25, -0.2) is 8.78 Å². The molecule has 1 rings (SSSR count). The maximum Gasteiger partial charge on any atom is 0.278 e. The van der Waals surface area contributed by atoms with Gasteiger partial charge in [0.1, 0.15) is 0 Å². The number of anilines is 1. The van der Waals surface area contributed by atoms with Gasteiger partial charge in [-0.05, 0) is 12.1 Å². The Balaban J connectivity index is 3.16. The van der Waals surface area contributed by atoms with Crippen LogP contribution in [0.3, 0.4) is 0 Å². The number of nitrogens with one attached hydrogen (secondary N) is 1. The summed E-state index contributed by atoms with van der Waals surface area (Å²) in [7, 11) is 0. The highest BCUT2D eigenvalue weighted by molar-refractivity contribution is 5.34. The summed E-state index contributed by atoms with van der Waals surface area (Å²) in [4.78, 5) is 12.6. The third-order valence-electron chi connectivity index (χ3n) is 1.20. The molecular weight excluding hydrogens is 154 g/mol. The average molecular weight is 160 g/mol. The minimum atomic E-state index is -2.66. The Morgan fingerprint density at radius 3 is 2.55 bits per heavy atom. The van der Waals surface area contributed by atoms with Gasteiger partial charge in [-0.15, -0.1) is 0 Å². The molecule has 0 saturated carbocycles. The van der Waals surface area contributed by atoms with Gasteiger partial charge in [0.15, 0.2) is 0 Å². The van der Waals surface area contributed by atoms with Crippen LogP contribution in [0.4, 0.5) is 14.5 Å². The molecule has 0 atom stereocenters. The number of hydrogen-bond donors (Lipinski definition) is 2. The Morgan fingerprint density at radius 2 is 2.09 bits per heavy atom. The predicted octanol–water partition coefficient (Wildman–Crippen LogP) is 0.895. The number of nitrogens with two attached hydrogens (primary N) is 1. The third kappa shape index (κ3) is 1.54. The van der Waals surface area contributed by atoms with Gasteiger partial charge in [-0.1, -0.05) is 0 Å². The maximum atomic E-state index is 11.9. The molecule has 0 radical (unpaired) electrons. The van der Waals surface area contributed by atoms with Gasteiger partial charge in [-0.3, -0.25) is 4.79 Å². The zero-order chi connectivity index (χ0) is 8.43. The number of hydrogen-bond acceptors (Lipinski definition) is 2. The quantitative estimate of drug-likeness (QED) is 0.641. The summed E-state index contributed by atoms with van der Waals surface area (Å²) in [5.74, 6) is 0. The van der Waals surface area contributed by atoms with Crippen LogP contribution in [-0.4, -0.2) is 4.98 Å². The van der Waals surface area contributed by atoms with Crippen molar-refractivity contribution in [2.24, 2.45) is 0 Å². The highest BCUT2D eigenvalue weighted by Gasteiger charge is 2.07.